The second-order valence-corrected chi connectivity index (χ2v) is 12.1. The minimum atomic E-state index is -3.49. The smallest absolute Gasteiger partial charge is 0.232 e. The number of halogens is 1. The summed E-state index contributed by atoms with van der Waals surface area (Å²) in [7, 11) is -3.49. The minimum Gasteiger partial charge on any atom is -0.455 e. The van der Waals surface area contributed by atoms with Crippen LogP contribution in [-0.2, 0) is 10.0 Å². The third kappa shape index (κ3) is 4.43. The molecule has 2 aliphatic rings. The number of nitrogens with zero attached hydrogens (tertiary/aromatic N) is 2. The van der Waals surface area contributed by atoms with Crippen LogP contribution >= 0.6 is 0 Å². The maximum Gasteiger partial charge on any atom is 0.232 e. The highest BCUT2D eigenvalue weighted by atomic mass is 32.2. The van der Waals surface area contributed by atoms with Crippen molar-refractivity contribution in [1.82, 2.24) is 9.97 Å². The topological polar surface area (TPSA) is 79.2 Å². The van der Waals surface area contributed by atoms with E-state index in [4.69, 9.17) is 4.42 Å². The number of fused-ring (bicyclic) bond motifs is 1. The van der Waals surface area contributed by atoms with E-state index in [2.05, 4.69) is 16.0 Å². The number of anilines is 1. The monoisotopic (exact) mass is 507 g/mol. The van der Waals surface area contributed by atoms with Gasteiger partial charge in [-0.2, -0.15) is 0 Å². The Morgan fingerprint density at radius 2 is 1.83 bits per heavy atom. The Hall–Kier alpha value is -3.13. The first-order chi connectivity index (χ1) is 17.4. The summed E-state index contributed by atoms with van der Waals surface area (Å²) in [4.78, 5) is 7.66. The van der Waals surface area contributed by atoms with Crippen molar-refractivity contribution in [3.05, 3.63) is 60.2 Å². The number of rotatable bonds is 7. The Morgan fingerprint density at radius 3 is 2.47 bits per heavy atom. The standard InChI is InChI=1S/C28H30FN3O3S/c1-36(33,34)32(17-18-5-3-2-4-6-18)24-16-25-23(15-22(24)19-7-8-19)26(28-30-13-14-31-28)27(35-25)20-9-11-21(29)12-10-20/h9-16,18-19H,2-8,17H2,1H3,(H,30,31). The van der Waals surface area contributed by atoms with E-state index < -0.39 is 10.0 Å². The van der Waals surface area contributed by atoms with Gasteiger partial charge in [-0.25, -0.2) is 17.8 Å². The zero-order chi connectivity index (χ0) is 24.9. The fourth-order valence-electron chi connectivity index (χ4n) is 5.54. The van der Waals surface area contributed by atoms with Crippen LogP contribution in [0, 0.1) is 11.7 Å². The Kier molecular flexibility index (Phi) is 5.86. The number of sulfonamides is 1. The molecule has 6 rings (SSSR count). The van der Waals surface area contributed by atoms with Gasteiger partial charge in [-0.3, -0.25) is 4.31 Å². The third-order valence-electron chi connectivity index (χ3n) is 7.51. The summed E-state index contributed by atoms with van der Waals surface area (Å²) >= 11 is 0. The molecule has 2 saturated carbocycles. The van der Waals surface area contributed by atoms with Crippen molar-refractivity contribution in [3.63, 3.8) is 0 Å². The van der Waals surface area contributed by atoms with Gasteiger partial charge in [0.15, 0.2) is 0 Å². The summed E-state index contributed by atoms with van der Waals surface area (Å²) in [5.74, 6) is 1.61. The Balaban J connectivity index is 1.55. The van der Waals surface area contributed by atoms with Crippen LogP contribution in [0.2, 0.25) is 0 Å². The molecule has 6 nitrogen and oxygen atoms in total. The molecule has 188 valence electrons. The lowest BCUT2D eigenvalue weighted by atomic mass is 9.89. The van der Waals surface area contributed by atoms with E-state index in [1.807, 2.05) is 6.07 Å². The van der Waals surface area contributed by atoms with Crippen molar-refractivity contribution in [3.8, 4) is 22.7 Å². The molecular weight excluding hydrogens is 477 g/mol. The molecule has 2 aromatic heterocycles. The fraction of sp³-hybridized carbons (Fsp3) is 0.393. The van der Waals surface area contributed by atoms with E-state index in [-0.39, 0.29) is 5.82 Å². The van der Waals surface area contributed by atoms with Crippen molar-refractivity contribution in [1.29, 1.82) is 0 Å². The molecule has 0 atom stereocenters. The summed E-state index contributed by atoms with van der Waals surface area (Å²) in [6, 6.07) is 10.2. The number of aromatic nitrogens is 2. The zero-order valence-corrected chi connectivity index (χ0v) is 21.2. The van der Waals surface area contributed by atoms with Gasteiger partial charge in [-0.1, -0.05) is 19.3 Å². The van der Waals surface area contributed by atoms with Crippen molar-refractivity contribution < 1.29 is 17.2 Å². The number of hydrogen-bond acceptors (Lipinski definition) is 4. The molecule has 0 unspecified atom stereocenters. The van der Waals surface area contributed by atoms with Crippen LogP contribution in [0.25, 0.3) is 33.7 Å². The lowest BCUT2D eigenvalue weighted by Crippen LogP contribution is -2.36. The molecule has 2 aromatic carbocycles. The third-order valence-corrected chi connectivity index (χ3v) is 8.66. The van der Waals surface area contributed by atoms with Crippen molar-refractivity contribution >= 4 is 26.7 Å². The molecule has 0 amide bonds. The SMILES string of the molecule is CS(=O)(=O)N(CC1CCCCC1)c1cc2oc(-c3ccc(F)cc3)c(-c3ncc[nH]3)c2cc1C1CC1. The largest absolute Gasteiger partial charge is 0.455 e. The average molecular weight is 508 g/mol. The highest BCUT2D eigenvalue weighted by Crippen LogP contribution is 2.49. The lowest BCUT2D eigenvalue weighted by Gasteiger charge is -2.31. The Morgan fingerprint density at radius 1 is 1.08 bits per heavy atom. The molecular formula is C28H30FN3O3S. The summed E-state index contributed by atoms with van der Waals surface area (Å²) in [5, 5.41) is 0.876. The molecule has 0 bridgehead atoms. The van der Waals surface area contributed by atoms with Crippen LogP contribution in [0.5, 0.6) is 0 Å². The highest BCUT2D eigenvalue weighted by Gasteiger charge is 2.33. The zero-order valence-electron chi connectivity index (χ0n) is 20.3. The second-order valence-electron chi connectivity index (χ2n) is 10.2. The Bertz CT molecular complexity index is 1480. The highest BCUT2D eigenvalue weighted by molar-refractivity contribution is 7.92. The number of H-pyrrole nitrogens is 1. The molecule has 4 aromatic rings. The molecule has 2 fully saturated rings. The van der Waals surface area contributed by atoms with E-state index in [0.29, 0.717) is 35.5 Å². The van der Waals surface area contributed by atoms with Gasteiger partial charge in [-0.05, 0) is 73.4 Å². The number of imidazole rings is 1. The second kappa shape index (κ2) is 9.07. The number of benzene rings is 2. The molecule has 8 heteroatoms. The fourth-order valence-corrected chi connectivity index (χ4v) is 6.54. The van der Waals surface area contributed by atoms with Crippen LogP contribution < -0.4 is 4.31 Å². The number of aromatic amines is 1. The van der Waals surface area contributed by atoms with Crippen LogP contribution in [0.1, 0.15) is 56.4 Å². The Labute approximate surface area is 210 Å². The van der Waals surface area contributed by atoms with Crippen molar-refractivity contribution in [2.24, 2.45) is 5.92 Å². The minimum absolute atomic E-state index is 0.320. The number of hydrogen-bond donors (Lipinski definition) is 1. The maximum atomic E-state index is 13.7. The first kappa shape index (κ1) is 23.3. The first-order valence-electron chi connectivity index (χ1n) is 12.7. The van der Waals surface area contributed by atoms with Gasteiger partial charge >= 0.3 is 0 Å². The van der Waals surface area contributed by atoms with E-state index in [9.17, 15) is 12.8 Å². The predicted octanol–water partition coefficient (Wildman–Crippen LogP) is 6.85. The van der Waals surface area contributed by atoms with E-state index >= 15 is 0 Å². The maximum absolute atomic E-state index is 13.7. The van der Waals surface area contributed by atoms with E-state index in [1.54, 1.807) is 28.8 Å². The van der Waals surface area contributed by atoms with Gasteiger partial charge in [0.05, 0.1) is 17.5 Å². The van der Waals surface area contributed by atoms with Crippen LogP contribution in [0.3, 0.4) is 0 Å². The summed E-state index contributed by atoms with van der Waals surface area (Å²) in [5.41, 5.74) is 3.90. The van der Waals surface area contributed by atoms with Crippen LogP contribution in [0.15, 0.2) is 53.2 Å². The van der Waals surface area contributed by atoms with Crippen LogP contribution in [-0.4, -0.2) is 31.2 Å². The molecule has 36 heavy (non-hydrogen) atoms. The van der Waals surface area contributed by atoms with Crippen molar-refractivity contribution in [2.75, 3.05) is 17.1 Å². The lowest BCUT2D eigenvalue weighted by molar-refractivity contribution is 0.366. The van der Waals surface area contributed by atoms with Gasteiger partial charge < -0.3 is 9.40 Å². The van der Waals surface area contributed by atoms with E-state index in [0.717, 1.165) is 66.3 Å². The summed E-state index contributed by atoms with van der Waals surface area (Å²) in [6.45, 7) is 0.501. The molecule has 0 aliphatic heterocycles. The average Bonchev–Trinajstić information content (AvgIpc) is 3.43. The molecule has 2 heterocycles. The van der Waals surface area contributed by atoms with Gasteiger partial charge in [-0.15, -0.1) is 0 Å². The molecule has 0 radical (unpaired) electrons. The first-order valence-corrected chi connectivity index (χ1v) is 14.6. The molecule has 0 saturated heterocycles. The number of nitrogens with one attached hydrogen (secondary N) is 1. The predicted molar refractivity (Wildman–Crippen MR) is 140 cm³/mol. The summed E-state index contributed by atoms with van der Waals surface area (Å²) in [6.07, 6.45) is 12.5. The van der Waals surface area contributed by atoms with Gasteiger partial charge in [0.2, 0.25) is 10.0 Å². The van der Waals surface area contributed by atoms with E-state index in [1.165, 1.54) is 24.8 Å². The number of furan rings is 1. The van der Waals surface area contributed by atoms with Crippen molar-refractivity contribution in [2.45, 2.75) is 50.9 Å². The van der Waals surface area contributed by atoms with Gasteiger partial charge in [0, 0.05) is 36.0 Å². The summed E-state index contributed by atoms with van der Waals surface area (Å²) < 4.78 is 47.9. The quantitative estimate of drug-likeness (QED) is 0.297. The van der Waals surface area contributed by atoms with Gasteiger partial charge in [0.1, 0.15) is 23.0 Å². The normalized spacial score (nSPS) is 17.1. The van der Waals surface area contributed by atoms with Crippen LogP contribution in [0.4, 0.5) is 10.1 Å². The molecule has 0 spiro atoms. The molecule has 2 aliphatic carbocycles. The van der Waals surface area contributed by atoms with Gasteiger partial charge in [0.25, 0.3) is 0 Å². The molecule has 1 N–H and O–H groups in total.